The monoisotopic (exact) mass is 234 g/mol. The third kappa shape index (κ3) is 2.78. The van der Waals surface area contributed by atoms with Gasteiger partial charge in [0.2, 0.25) is 0 Å². The van der Waals surface area contributed by atoms with Crippen molar-refractivity contribution in [1.29, 1.82) is 0 Å². The highest BCUT2D eigenvalue weighted by Crippen LogP contribution is 2.34. The van der Waals surface area contributed by atoms with Gasteiger partial charge < -0.3 is 9.84 Å². The molecule has 0 spiro atoms. The Morgan fingerprint density at radius 2 is 1.94 bits per heavy atom. The van der Waals surface area contributed by atoms with Crippen LogP contribution < -0.4 is 4.74 Å². The smallest absolute Gasteiger partial charge is 0.335 e. The predicted molar refractivity (Wildman–Crippen MR) is 65.8 cm³/mol. The number of hydrogen-bond acceptors (Lipinski definition) is 2. The molecule has 2 rings (SSSR count). The molecule has 1 aliphatic carbocycles. The molecule has 0 unspecified atom stereocenters. The molecular weight excluding hydrogens is 216 g/mol. The normalized spacial score (nSPS) is 16.8. The van der Waals surface area contributed by atoms with Crippen LogP contribution >= 0.6 is 0 Å². The van der Waals surface area contributed by atoms with Crippen molar-refractivity contribution in [2.24, 2.45) is 0 Å². The zero-order valence-electron chi connectivity index (χ0n) is 10.1. The first-order chi connectivity index (χ1) is 8.20. The number of hydrogen-bond donors (Lipinski definition) is 1. The summed E-state index contributed by atoms with van der Waals surface area (Å²) >= 11 is 0. The molecule has 0 aliphatic heterocycles. The SMILES string of the molecule is COc1cc(C(=O)O)cc(C2CCCCC2)c1. The first-order valence-corrected chi connectivity index (χ1v) is 6.13. The van der Waals surface area contributed by atoms with Crippen LogP contribution in [0.5, 0.6) is 5.75 Å². The van der Waals surface area contributed by atoms with Gasteiger partial charge in [-0.3, -0.25) is 0 Å². The second-order valence-electron chi connectivity index (χ2n) is 4.63. The molecule has 1 N–H and O–H groups in total. The van der Waals surface area contributed by atoms with E-state index < -0.39 is 5.97 Å². The summed E-state index contributed by atoms with van der Waals surface area (Å²) < 4.78 is 5.17. The van der Waals surface area contributed by atoms with Gasteiger partial charge >= 0.3 is 5.97 Å². The Labute approximate surface area is 101 Å². The Balaban J connectivity index is 2.31. The van der Waals surface area contributed by atoms with E-state index in [1.807, 2.05) is 6.07 Å². The van der Waals surface area contributed by atoms with Crippen LogP contribution in [0.2, 0.25) is 0 Å². The fourth-order valence-electron chi connectivity index (χ4n) is 2.54. The van der Waals surface area contributed by atoms with Crippen LogP contribution in [0.1, 0.15) is 53.9 Å². The molecule has 0 bridgehead atoms. The molecule has 0 amide bonds. The van der Waals surface area contributed by atoms with Gasteiger partial charge in [0.1, 0.15) is 5.75 Å². The van der Waals surface area contributed by atoms with Crippen LogP contribution in [-0.2, 0) is 0 Å². The van der Waals surface area contributed by atoms with E-state index in [0.29, 0.717) is 17.2 Å². The van der Waals surface area contributed by atoms with Gasteiger partial charge in [0.05, 0.1) is 12.7 Å². The number of carboxylic acid groups (broad SMARTS) is 1. The summed E-state index contributed by atoms with van der Waals surface area (Å²) in [5.74, 6) is 0.253. The van der Waals surface area contributed by atoms with Gasteiger partial charge in [-0.15, -0.1) is 0 Å². The van der Waals surface area contributed by atoms with E-state index in [9.17, 15) is 4.79 Å². The highest BCUT2D eigenvalue weighted by Gasteiger charge is 2.18. The van der Waals surface area contributed by atoms with E-state index in [1.165, 1.54) is 19.3 Å². The maximum absolute atomic E-state index is 11.0. The zero-order valence-corrected chi connectivity index (χ0v) is 10.1. The van der Waals surface area contributed by atoms with Gasteiger partial charge in [0.15, 0.2) is 0 Å². The molecule has 3 heteroatoms. The average molecular weight is 234 g/mol. The third-order valence-electron chi connectivity index (χ3n) is 3.49. The molecular formula is C14H18O3. The van der Waals surface area contributed by atoms with E-state index in [-0.39, 0.29) is 0 Å². The van der Waals surface area contributed by atoms with Crippen molar-refractivity contribution in [2.45, 2.75) is 38.0 Å². The van der Waals surface area contributed by atoms with Crippen molar-refractivity contribution in [3.8, 4) is 5.75 Å². The van der Waals surface area contributed by atoms with Crippen molar-refractivity contribution in [1.82, 2.24) is 0 Å². The predicted octanol–water partition coefficient (Wildman–Crippen LogP) is 3.44. The summed E-state index contributed by atoms with van der Waals surface area (Å²) in [6.45, 7) is 0. The first-order valence-electron chi connectivity index (χ1n) is 6.13. The number of carbonyl (C=O) groups is 1. The number of methoxy groups -OCH3 is 1. The van der Waals surface area contributed by atoms with Crippen molar-refractivity contribution in [3.63, 3.8) is 0 Å². The highest BCUT2D eigenvalue weighted by atomic mass is 16.5. The molecule has 17 heavy (non-hydrogen) atoms. The van der Waals surface area contributed by atoms with Crippen molar-refractivity contribution in [2.75, 3.05) is 7.11 Å². The lowest BCUT2D eigenvalue weighted by Crippen LogP contribution is -2.07. The molecule has 0 atom stereocenters. The lowest BCUT2D eigenvalue weighted by atomic mass is 9.83. The number of carboxylic acids is 1. The Kier molecular flexibility index (Phi) is 3.67. The summed E-state index contributed by atoms with van der Waals surface area (Å²) in [5.41, 5.74) is 1.44. The van der Waals surface area contributed by atoms with E-state index >= 15 is 0 Å². The topological polar surface area (TPSA) is 46.5 Å². The van der Waals surface area contributed by atoms with Crippen LogP contribution in [0.3, 0.4) is 0 Å². The zero-order chi connectivity index (χ0) is 12.3. The Bertz CT molecular complexity index is 406. The highest BCUT2D eigenvalue weighted by molar-refractivity contribution is 5.88. The van der Waals surface area contributed by atoms with Crippen LogP contribution in [0.4, 0.5) is 0 Å². The van der Waals surface area contributed by atoms with Gasteiger partial charge in [-0.1, -0.05) is 19.3 Å². The molecule has 0 saturated heterocycles. The third-order valence-corrected chi connectivity index (χ3v) is 3.49. The summed E-state index contributed by atoms with van der Waals surface area (Å²) in [5, 5.41) is 9.07. The molecule has 1 aliphatic rings. The van der Waals surface area contributed by atoms with Gasteiger partial charge in [0, 0.05) is 0 Å². The van der Waals surface area contributed by atoms with Crippen LogP contribution in [0.25, 0.3) is 0 Å². The minimum atomic E-state index is -0.888. The largest absolute Gasteiger partial charge is 0.497 e. The molecule has 1 fully saturated rings. The Hall–Kier alpha value is -1.51. The van der Waals surface area contributed by atoms with E-state index in [0.717, 1.165) is 18.4 Å². The lowest BCUT2D eigenvalue weighted by Gasteiger charge is -2.22. The Morgan fingerprint density at radius 1 is 1.24 bits per heavy atom. The molecule has 1 aromatic rings. The molecule has 1 saturated carbocycles. The number of rotatable bonds is 3. The summed E-state index contributed by atoms with van der Waals surface area (Å²) in [6, 6.07) is 5.35. The minimum absolute atomic E-state index is 0.324. The lowest BCUT2D eigenvalue weighted by molar-refractivity contribution is 0.0696. The maximum Gasteiger partial charge on any atom is 0.335 e. The van der Waals surface area contributed by atoms with Crippen LogP contribution in [0, 0.1) is 0 Å². The summed E-state index contributed by atoms with van der Waals surface area (Å²) in [4.78, 5) is 11.0. The molecule has 3 nitrogen and oxygen atoms in total. The number of benzene rings is 1. The van der Waals surface area contributed by atoms with Gasteiger partial charge in [-0.05, 0) is 42.5 Å². The van der Waals surface area contributed by atoms with Crippen molar-refractivity contribution in [3.05, 3.63) is 29.3 Å². The minimum Gasteiger partial charge on any atom is -0.497 e. The number of ether oxygens (including phenoxy) is 1. The second kappa shape index (κ2) is 5.21. The van der Waals surface area contributed by atoms with Gasteiger partial charge in [0.25, 0.3) is 0 Å². The van der Waals surface area contributed by atoms with Gasteiger partial charge in [-0.2, -0.15) is 0 Å². The van der Waals surface area contributed by atoms with Crippen LogP contribution in [-0.4, -0.2) is 18.2 Å². The molecule has 0 radical (unpaired) electrons. The molecule has 0 heterocycles. The van der Waals surface area contributed by atoms with E-state index in [4.69, 9.17) is 9.84 Å². The quantitative estimate of drug-likeness (QED) is 0.871. The Morgan fingerprint density at radius 3 is 2.53 bits per heavy atom. The first kappa shape index (κ1) is 12.0. The van der Waals surface area contributed by atoms with Crippen molar-refractivity contribution >= 4 is 5.97 Å². The fraction of sp³-hybridized carbons (Fsp3) is 0.500. The maximum atomic E-state index is 11.0. The summed E-state index contributed by atoms with van der Waals surface area (Å²) in [7, 11) is 1.58. The molecule has 92 valence electrons. The molecule has 0 aromatic heterocycles. The van der Waals surface area contributed by atoms with E-state index in [1.54, 1.807) is 19.2 Å². The standard InChI is InChI=1S/C14H18O3/c1-17-13-8-11(7-12(9-13)14(15)16)10-5-3-2-4-6-10/h7-10H,2-6H2,1H3,(H,15,16). The second-order valence-corrected chi connectivity index (χ2v) is 4.63. The van der Waals surface area contributed by atoms with Crippen LogP contribution in [0.15, 0.2) is 18.2 Å². The van der Waals surface area contributed by atoms with Crippen molar-refractivity contribution < 1.29 is 14.6 Å². The average Bonchev–Trinajstić information content (AvgIpc) is 2.39. The number of aromatic carboxylic acids is 1. The summed E-state index contributed by atoms with van der Waals surface area (Å²) in [6.07, 6.45) is 6.10. The van der Waals surface area contributed by atoms with Gasteiger partial charge in [-0.25, -0.2) is 4.79 Å². The van der Waals surface area contributed by atoms with E-state index in [2.05, 4.69) is 0 Å². The molecule has 1 aromatic carbocycles. The fourth-order valence-corrected chi connectivity index (χ4v) is 2.54.